The summed E-state index contributed by atoms with van der Waals surface area (Å²) < 4.78 is 9.13. The van der Waals surface area contributed by atoms with Crippen molar-refractivity contribution >= 4 is 17.1 Å². The minimum Gasteiger partial charge on any atom is -0.464 e. The Balaban J connectivity index is 2.26. The Morgan fingerprint density at radius 2 is 2.00 bits per heavy atom. The van der Waals surface area contributed by atoms with Crippen LogP contribution in [0.5, 0.6) is 0 Å². The van der Waals surface area contributed by atoms with Crippen LogP contribution in [0.15, 0.2) is 15.9 Å². The first-order valence-corrected chi connectivity index (χ1v) is 7.16. The van der Waals surface area contributed by atoms with Crippen LogP contribution in [0.1, 0.15) is 20.3 Å². The van der Waals surface area contributed by atoms with E-state index in [2.05, 4.69) is 4.98 Å². The molecule has 1 unspecified atom stereocenters. The molecule has 2 heterocycles. The van der Waals surface area contributed by atoms with Crippen LogP contribution in [-0.2, 0) is 30.2 Å². The third kappa shape index (κ3) is 2.68. The molecule has 2 aromatic rings. The van der Waals surface area contributed by atoms with Gasteiger partial charge in [-0.25, -0.2) is 9.78 Å². The van der Waals surface area contributed by atoms with Crippen LogP contribution in [0, 0.1) is 5.92 Å². The highest BCUT2D eigenvalue weighted by molar-refractivity contribution is 5.72. The average Bonchev–Trinajstić information content (AvgIpc) is 2.93. The Morgan fingerprint density at radius 1 is 1.32 bits per heavy atom. The molecule has 8 nitrogen and oxygen atoms in total. The fourth-order valence-corrected chi connectivity index (χ4v) is 2.12. The van der Waals surface area contributed by atoms with Crippen LogP contribution in [0.2, 0.25) is 0 Å². The Labute approximate surface area is 126 Å². The number of hydrogen-bond acceptors (Lipinski definition) is 5. The summed E-state index contributed by atoms with van der Waals surface area (Å²) in [7, 11) is 2.98. The Morgan fingerprint density at radius 3 is 2.64 bits per heavy atom. The van der Waals surface area contributed by atoms with Gasteiger partial charge in [0.15, 0.2) is 11.2 Å². The van der Waals surface area contributed by atoms with Crippen LogP contribution >= 0.6 is 0 Å². The van der Waals surface area contributed by atoms with Gasteiger partial charge in [0.05, 0.1) is 18.8 Å². The van der Waals surface area contributed by atoms with Crippen LogP contribution in [-0.4, -0.2) is 31.3 Å². The van der Waals surface area contributed by atoms with E-state index in [1.807, 2.05) is 6.92 Å². The summed E-state index contributed by atoms with van der Waals surface area (Å²) in [6, 6.07) is 0. The van der Waals surface area contributed by atoms with Crippen molar-refractivity contribution in [2.45, 2.75) is 26.8 Å². The molecule has 0 bridgehead atoms. The topological polar surface area (TPSA) is 88.1 Å². The van der Waals surface area contributed by atoms with Crippen molar-refractivity contribution in [1.29, 1.82) is 0 Å². The van der Waals surface area contributed by atoms with Gasteiger partial charge in [0.25, 0.3) is 5.56 Å². The van der Waals surface area contributed by atoms with Gasteiger partial charge < -0.3 is 9.30 Å². The first-order valence-electron chi connectivity index (χ1n) is 7.16. The van der Waals surface area contributed by atoms with E-state index in [1.165, 1.54) is 17.9 Å². The van der Waals surface area contributed by atoms with Gasteiger partial charge in [0.1, 0.15) is 6.61 Å². The monoisotopic (exact) mass is 308 g/mol. The van der Waals surface area contributed by atoms with Gasteiger partial charge in [-0.1, -0.05) is 13.8 Å². The average molecular weight is 308 g/mol. The molecule has 0 fully saturated rings. The molecule has 0 aromatic carbocycles. The quantitative estimate of drug-likeness (QED) is 0.727. The molecule has 120 valence electrons. The third-order valence-electron chi connectivity index (χ3n) is 3.81. The highest BCUT2D eigenvalue weighted by Crippen LogP contribution is 2.06. The van der Waals surface area contributed by atoms with E-state index in [0.29, 0.717) is 17.7 Å². The lowest BCUT2D eigenvalue weighted by Crippen LogP contribution is -2.37. The molecule has 0 aliphatic carbocycles. The van der Waals surface area contributed by atoms with Crippen LogP contribution in [0.25, 0.3) is 11.2 Å². The van der Waals surface area contributed by atoms with Crippen molar-refractivity contribution in [1.82, 2.24) is 18.7 Å². The van der Waals surface area contributed by atoms with Gasteiger partial charge >= 0.3 is 11.7 Å². The van der Waals surface area contributed by atoms with E-state index in [9.17, 15) is 14.4 Å². The molecule has 0 radical (unpaired) electrons. The maximum absolute atomic E-state index is 12.2. The lowest BCUT2D eigenvalue weighted by Gasteiger charge is -2.10. The van der Waals surface area contributed by atoms with Crippen molar-refractivity contribution in [3.05, 3.63) is 27.2 Å². The number of carbonyl (C=O) groups excluding carboxylic acids is 1. The molecule has 0 saturated heterocycles. The Kier molecular flexibility index (Phi) is 4.48. The second kappa shape index (κ2) is 6.17. The molecule has 0 amide bonds. The van der Waals surface area contributed by atoms with Gasteiger partial charge in [-0.15, -0.1) is 0 Å². The minimum atomic E-state index is -0.425. The van der Waals surface area contributed by atoms with Crippen molar-refractivity contribution < 1.29 is 9.53 Å². The number of esters is 1. The molecular formula is C14H20N4O4. The summed E-state index contributed by atoms with van der Waals surface area (Å²) in [6.45, 7) is 4.19. The highest BCUT2D eigenvalue weighted by atomic mass is 16.5. The van der Waals surface area contributed by atoms with E-state index >= 15 is 0 Å². The van der Waals surface area contributed by atoms with Gasteiger partial charge in [-0.2, -0.15) is 0 Å². The number of aryl methyl sites for hydroxylation is 1. The summed E-state index contributed by atoms with van der Waals surface area (Å²) in [5.41, 5.74) is -0.194. The Bertz CT molecular complexity index is 815. The molecular weight excluding hydrogens is 288 g/mol. The number of imidazole rings is 1. The smallest absolute Gasteiger partial charge is 0.332 e. The summed E-state index contributed by atoms with van der Waals surface area (Å²) in [5.74, 6) is -0.402. The van der Waals surface area contributed by atoms with Crippen molar-refractivity contribution in [3.8, 4) is 0 Å². The molecule has 2 aromatic heterocycles. The number of rotatable bonds is 5. The van der Waals surface area contributed by atoms with Crippen LogP contribution in [0.4, 0.5) is 0 Å². The zero-order valence-corrected chi connectivity index (χ0v) is 13.2. The van der Waals surface area contributed by atoms with Gasteiger partial charge in [-0.3, -0.25) is 18.7 Å². The Hall–Kier alpha value is -2.38. The van der Waals surface area contributed by atoms with E-state index in [4.69, 9.17) is 4.74 Å². The first-order chi connectivity index (χ1) is 10.4. The zero-order valence-electron chi connectivity index (χ0n) is 13.2. The number of hydrogen-bond donors (Lipinski definition) is 0. The van der Waals surface area contributed by atoms with Crippen molar-refractivity contribution in [2.24, 2.45) is 20.0 Å². The predicted octanol–water partition coefficient (Wildman–Crippen LogP) is 0.0230. The molecule has 2 rings (SSSR count). The lowest BCUT2D eigenvalue weighted by molar-refractivity contribution is -0.148. The van der Waals surface area contributed by atoms with Gasteiger partial charge in [0, 0.05) is 14.1 Å². The largest absolute Gasteiger partial charge is 0.464 e. The molecule has 0 saturated carbocycles. The molecule has 1 atom stereocenters. The van der Waals surface area contributed by atoms with Gasteiger partial charge in [-0.05, 0) is 6.42 Å². The lowest BCUT2D eigenvalue weighted by atomic mass is 10.1. The number of nitrogens with zero attached hydrogens (tertiary/aromatic N) is 4. The molecule has 0 aliphatic rings. The number of aromatic nitrogens is 4. The van der Waals surface area contributed by atoms with E-state index in [1.54, 1.807) is 18.5 Å². The van der Waals surface area contributed by atoms with Crippen molar-refractivity contribution in [2.75, 3.05) is 6.61 Å². The maximum Gasteiger partial charge on any atom is 0.332 e. The SMILES string of the molecule is CCC(C)C(=O)OCCn1cnc2c1c(=O)n(C)c(=O)n2C. The molecule has 0 aliphatic heterocycles. The minimum absolute atomic E-state index is 0.145. The summed E-state index contributed by atoms with van der Waals surface area (Å²) >= 11 is 0. The fourth-order valence-electron chi connectivity index (χ4n) is 2.12. The predicted molar refractivity (Wildman–Crippen MR) is 80.6 cm³/mol. The van der Waals surface area contributed by atoms with Gasteiger partial charge in [0.2, 0.25) is 0 Å². The number of ether oxygens (including phenoxy) is 1. The fraction of sp³-hybridized carbons (Fsp3) is 0.571. The third-order valence-corrected chi connectivity index (χ3v) is 3.81. The summed E-state index contributed by atoms with van der Waals surface area (Å²) in [5, 5.41) is 0. The van der Waals surface area contributed by atoms with E-state index < -0.39 is 11.2 Å². The van der Waals surface area contributed by atoms with E-state index in [-0.39, 0.29) is 18.5 Å². The normalized spacial score (nSPS) is 12.5. The second-order valence-electron chi connectivity index (χ2n) is 5.29. The molecule has 22 heavy (non-hydrogen) atoms. The molecule has 0 spiro atoms. The maximum atomic E-state index is 12.2. The summed E-state index contributed by atoms with van der Waals surface area (Å²) in [6.07, 6.45) is 2.19. The standard InChI is InChI=1S/C14H20N4O4/c1-5-9(2)13(20)22-7-6-18-8-15-11-10(18)12(19)17(4)14(21)16(11)3/h8-9H,5-7H2,1-4H3. The van der Waals surface area contributed by atoms with E-state index in [0.717, 1.165) is 11.0 Å². The second-order valence-corrected chi connectivity index (χ2v) is 5.29. The highest BCUT2D eigenvalue weighted by Gasteiger charge is 2.15. The molecule has 8 heteroatoms. The zero-order chi connectivity index (χ0) is 16.4. The van der Waals surface area contributed by atoms with Crippen molar-refractivity contribution in [3.63, 3.8) is 0 Å². The number of fused-ring (bicyclic) bond motifs is 1. The number of carbonyl (C=O) groups is 1. The summed E-state index contributed by atoms with van der Waals surface area (Å²) in [4.78, 5) is 39.8. The first kappa shape index (κ1) is 16.0. The van der Waals surface area contributed by atoms with Crippen LogP contribution < -0.4 is 11.2 Å². The van der Waals surface area contributed by atoms with Crippen LogP contribution in [0.3, 0.4) is 0 Å². The molecule has 0 N–H and O–H groups in total.